The zero-order valence-corrected chi connectivity index (χ0v) is 23.0. The van der Waals surface area contributed by atoms with Crippen LogP contribution in [-0.2, 0) is 9.53 Å². The number of alkyl halides is 2. The van der Waals surface area contributed by atoms with E-state index in [0.717, 1.165) is 0 Å². The van der Waals surface area contributed by atoms with Crippen molar-refractivity contribution in [2.75, 3.05) is 50.7 Å². The van der Waals surface area contributed by atoms with E-state index in [1.165, 1.54) is 26.0 Å². The minimum Gasteiger partial charge on any atom is -0.495 e. The topological polar surface area (TPSA) is 97.8 Å². The molecular weight excluding hydrogens is 555 g/mol. The molecule has 1 aromatic carbocycles. The predicted octanol–water partition coefficient (Wildman–Crippen LogP) is 4.78. The Bertz CT molecular complexity index is 1390. The number of nitrogens with zero attached hydrogens (tertiary/aromatic N) is 3. The molecule has 1 amide bonds. The largest absolute Gasteiger partial charge is 0.495 e. The van der Waals surface area contributed by atoms with E-state index in [0.29, 0.717) is 64.8 Å². The van der Waals surface area contributed by atoms with Crippen LogP contribution in [0.15, 0.2) is 24.4 Å². The first kappa shape index (κ1) is 27.4. The van der Waals surface area contributed by atoms with Crippen LogP contribution in [0.3, 0.4) is 0 Å². The molecule has 0 spiro atoms. The van der Waals surface area contributed by atoms with Gasteiger partial charge in [-0.05, 0) is 18.6 Å². The molecule has 2 atom stereocenters. The number of anilines is 2. The molecule has 2 aliphatic heterocycles. The van der Waals surface area contributed by atoms with Gasteiger partial charge in [-0.25, -0.2) is 18.7 Å². The lowest BCUT2D eigenvalue weighted by molar-refractivity contribution is -0.120. The van der Waals surface area contributed by atoms with Crippen molar-refractivity contribution >= 4 is 51.5 Å². The summed E-state index contributed by atoms with van der Waals surface area (Å²) in [6.45, 7) is 1.42. The molecule has 4 heterocycles. The minimum absolute atomic E-state index is 0.135. The molecule has 2 aliphatic rings. The van der Waals surface area contributed by atoms with E-state index in [-0.39, 0.29) is 28.0 Å². The third kappa shape index (κ3) is 5.48. The van der Waals surface area contributed by atoms with Gasteiger partial charge in [0.2, 0.25) is 5.91 Å². The fourth-order valence-electron chi connectivity index (χ4n) is 4.85. The molecular formula is C26H27Cl2F2N5O4. The molecule has 0 saturated carbocycles. The lowest BCUT2D eigenvalue weighted by atomic mass is 10.0. The molecule has 0 unspecified atom stereocenters. The standard InChI is InChI=1S/C26H27Cl2F2N5O4/c1-13(36)32-16-4-5-39-10-18(16)33-21-7-15-14(9-31-21)6-17(34-25(15)35-11-26(29,30)12-35)22-23(27)19(37-2)8-20(38-3)24(22)28/h6-9,16,18H,4-5,10-12H2,1-3H3,(H,31,33)(H,32,36)/t16-,18+/m0/s1. The van der Waals surface area contributed by atoms with Crippen LogP contribution in [0.4, 0.5) is 20.4 Å². The van der Waals surface area contributed by atoms with Gasteiger partial charge in [-0.3, -0.25) is 4.79 Å². The Morgan fingerprint density at radius 2 is 1.82 bits per heavy atom. The van der Waals surface area contributed by atoms with E-state index in [1.54, 1.807) is 24.4 Å². The molecule has 39 heavy (non-hydrogen) atoms. The average Bonchev–Trinajstić information content (AvgIpc) is 2.88. The average molecular weight is 582 g/mol. The number of rotatable bonds is 7. The van der Waals surface area contributed by atoms with Gasteiger partial charge in [0.05, 0.1) is 61.7 Å². The zero-order valence-electron chi connectivity index (χ0n) is 21.5. The summed E-state index contributed by atoms with van der Waals surface area (Å²) in [7, 11) is 2.93. The second kappa shape index (κ2) is 10.8. The van der Waals surface area contributed by atoms with E-state index in [2.05, 4.69) is 15.6 Å². The Labute approximate surface area is 233 Å². The highest BCUT2D eigenvalue weighted by Gasteiger charge is 2.45. The molecule has 2 fully saturated rings. The van der Waals surface area contributed by atoms with Gasteiger partial charge in [0.1, 0.15) is 23.1 Å². The summed E-state index contributed by atoms with van der Waals surface area (Å²) in [5.41, 5.74) is 0.707. The monoisotopic (exact) mass is 581 g/mol. The third-order valence-electron chi connectivity index (χ3n) is 6.75. The normalized spacial score (nSPS) is 20.3. The molecule has 2 N–H and O–H groups in total. The molecule has 0 radical (unpaired) electrons. The summed E-state index contributed by atoms with van der Waals surface area (Å²) < 4.78 is 44.3. The van der Waals surface area contributed by atoms with E-state index < -0.39 is 19.0 Å². The molecule has 2 aromatic heterocycles. The number of carbonyl (C=O) groups excluding carboxylic acids is 1. The van der Waals surface area contributed by atoms with Crippen LogP contribution >= 0.6 is 23.2 Å². The maximum absolute atomic E-state index is 13.9. The minimum atomic E-state index is -2.82. The van der Waals surface area contributed by atoms with E-state index >= 15 is 0 Å². The summed E-state index contributed by atoms with van der Waals surface area (Å²) in [6.07, 6.45) is 2.27. The van der Waals surface area contributed by atoms with Crippen molar-refractivity contribution in [3.63, 3.8) is 0 Å². The predicted molar refractivity (Wildman–Crippen MR) is 146 cm³/mol. The number of benzene rings is 1. The number of hydrogen-bond donors (Lipinski definition) is 2. The van der Waals surface area contributed by atoms with Crippen molar-refractivity contribution in [2.45, 2.75) is 31.4 Å². The molecule has 9 nitrogen and oxygen atoms in total. The van der Waals surface area contributed by atoms with Crippen LogP contribution in [-0.4, -0.2) is 74.4 Å². The maximum Gasteiger partial charge on any atom is 0.282 e. The van der Waals surface area contributed by atoms with Crippen LogP contribution < -0.4 is 25.0 Å². The number of ether oxygens (including phenoxy) is 3. The number of halogens is 4. The highest BCUT2D eigenvalue weighted by molar-refractivity contribution is 6.41. The summed E-state index contributed by atoms with van der Waals surface area (Å²) in [5.74, 6) is -1.47. The van der Waals surface area contributed by atoms with Gasteiger partial charge < -0.3 is 29.7 Å². The first-order chi connectivity index (χ1) is 18.6. The third-order valence-corrected chi connectivity index (χ3v) is 7.50. The number of carbonyl (C=O) groups is 1. The second-order valence-electron chi connectivity index (χ2n) is 9.54. The van der Waals surface area contributed by atoms with Crippen LogP contribution in [0.2, 0.25) is 10.0 Å². The van der Waals surface area contributed by atoms with Gasteiger partial charge in [-0.15, -0.1) is 0 Å². The Kier molecular flexibility index (Phi) is 7.58. The number of aromatic nitrogens is 2. The smallest absolute Gasteiger partial charge is 0.282 e. The fourth-order valence-corrected chi connectivity index (χ4v) is 5.55. The molecule has 0 aliphatic carbocycles. The van der Waals surface area contributed by atoms with Crippen molar-refractivity contribution in [3.8, 4) is 22.8 Å². The number of amides is 1. The van der Waals surface area contributed by atoms with Gasteiger partial charge in [0.25, 0.3) is 5.92 Å². The van der Waals surface area contributed by atoms with Gasteiger partial charge in [-0.1, -0.05) is 23.2 Å². The van der Waals surface area contributed by atoms with Crippen LogP contribution in [0.25, 0.3) is 22.0 Å². The summed E-state index contributed by atoms with van der Waals surface area (Å²) in [6, 6.07) is 4.69. The van der Waals surface area contributed by atoms with Crippen LogP contribution in [0, 0.1) is 0 Å². The lowest BCUT2D eigenvalue weighted by Crippen LogP contribution is -2.56. The van der Waals surface area contributed by atoms with Gasteiger partial charge >= 0.3 is 0 Å². The van der Waals surface area contributed by atoms with Crippen LogP contribution in [0.5, 0.6) is 11.5 Å². The molecule has 208 valence electrons. The Balaban J connectivity index is 1.59. The fraction of sp³-hybridized carbons (Fsp3) is 0.423. The first-order valence-electron chi connectivity index (χ1n) is 12.3. The first-order valence-corrected chi connectivity index (χ1v) is 13.0. The van der Waals surface area contributed by atoms with E-state index in [1.807, 2.05) is 0 Å². The summed E-state index contributed by atoms with van der Waals surface area (Å²) in [4.78, 5) is 22.5. The summed E-state index contributed by atoms with van der Waals surface area (Å²) in [5, 5.41) is 7.94. The molecule has 3 aromatic rings. The van der Waals surface area contributed by atoms with Crippen LogP contribution in [0.1, 0.15) is 13.3 Å². The van der Waals surface area contributed by atoms with Crippen molar-refractivity contribution in [2.24, 2.45) is 0 Å². The van der Waals surface area contributed by atoms with Gasteiger partial charge in [0, 0.05) is 42.1 Å². The van der Waals surface area contributed by atoms with Gasteiger partial charge in [0.15, 0.2) is 0 Å². The van der Waals surface area contributed by atoms with Crippen molar-refractivity contribution in [1.29, 1.82) is 0 Å². The van der Waals surface area contributed by atoms with E-state index in [4.69, 9.17) is 42.4 Å². The quantitative estimate of drug-likeness (QED) is 0.411. The van der Waals surface area contributed by atoms with Crippen molar-refractivity contribution in [3.05, 3.63) is 34.4 Å². The van der Waals surface area contributed by atoms with E-state index in [9.17, 15) is 13.6 Å². The molecule has 0 bridgehead atoms. The Morgan fingerprint density at radius 1 is 1.13 bits per heavy atom. The number of methoxy groups -OCH3 is 2. The molecule has 5 rings (SSSR count). The number of fused-ring (bicyclic) bond motifs is 1. The molecule has 13 heteroatoms. The molecule has 2 saturated heterocycles. The Morgan fingerprint density at radius 3 is 2.44 bits per heavy atom. The lowest BCUT2D eigenvalue weighted by Gasteiger charge is -2.40. The highest BCUT2D eigenvalue weighted by Crippen LogP contribution is 2.47. The van der Waals surface area contributed by atoms with Crippen molar-refractivity contribution < 1.29 is 27.8 Å². The van der Waals surface area contributed by atoms with Crippen molar-refractivity contribution in [1.82, 2.24) is 15.3 Å². The summed E-state index contributed by atoms with van der Waals surface area (Å²) >= 11 is 13.3. The zero-order chi connectivity index (χ0) is 27.9. The number of pyridine rings is 2. The Hall–Kier alpha value is -3.15. The second-order valence-corrected chi connectivity index (χ2v) is 10.3. The highest BCUT2D eigenvalue weighted by atomic mass is 35.5. The number of nitrogens with one attached hydrogen (secondary N) is 2. The number of hydrogen-bond acceptors (Lipinski definition) is 8. The van der Waals surface area contributed by atoms with Gasteiger partial charge in [-0.2, -0.15) is 0 Å². The maximum atomic E-state index is 13.9. The SMILES string of the molecule is COc1cc(OC)c(Cl)c(-c2cc3cnc(N[C@@H]4COCC[C@@H]4NC(C)=O)cc3c(N3CC(F)(F)C3)n2)c1Cl.